The molecule has 0 heterocycles. The van der Waals surface area contributed by atoms with Crippen LogP contribution in [0.15, 0.2) is 77.8 Å². The summed E-state index contributed by atoms with van der Waals surface area (Å²) in [5, 5.41) is 2.39. The molecule has 0 aliphatic rings. The lowest BCUT2D eigenvalue weighted by Crippen LogP contribution is -2.28. The minimum Gasteiger partial charge on any atom is -0.484 e. The molecule has 0 spiro atoms. The number of amides is 1. The maximum absolute atomic E-state index is 12.9. The molecule has 1 N–H and O–H groups in total. The van der Waals surface area contributed by atoms with Gasteiger partial charge in [-0.05, 0) is 53.6 Å². The van der Waals surface area contributed by atoms with Crippen molar-refractivity contribution in [2.24, 2.45) is 4.99 Å². The number of halogens is 4. The van der Waals surface area contributed by atoms with Crippen LogP contribution in [0.2, 0.25) is 5.02 Å². The first-order valence-corrected chi connectivity index (χ1v) is 9.63. The molecule has 0 aliphatic heterocycles. The van der Waals surface area contributed by atoms with Crippen molar-refractivity contribution in [2.75, 3.05) is 6.61 Å². The third kappa shape index (κ3) is 6.86. The zero-order valence-electron chi connectivity index (χ0n) is 16.2. The molecule has 0 bridgehead atoms. The Morgan fingerprint density at radius 1 is 1.03 bits per heavy atom. The van der Waals surface area contributed by atoms with Gasteiger partial charge in [0.25, 0.3) is 5.91 Å². The highest BCUT2D eigenvalue weighted by molar-refractivity contribution is 6.31. The largest absolute Gasteiger partial charge is 0.484 e. The molecule has 0 aliphatic carbocycles. The van der Waals surface area contributed by atoms with Crippen molar-refractivity contribution >= 4 is 29.4 Å². The van der Waals surface area contributed by atoms with E-state index >= 15 is 0 Å². The summed E-state index contributed by atoms with van der Waals surface area (Å²) >= 11 is 5.60. The third-order valence-corrected chi connectivity index (χ3v) is 4.53. The summed E-state index contributed by atoms with van der Waals surface area (Å²) in [7, 11) is 0. The highest BCUT2D eigenvalue weighted by Gasteiger charge is 2.33. The predicted molar refractivity (Wildman–Crippen MR) is 114 cm³/mol. The van der Waals surface area contributed by atoms with E-state index in [2.05, 4.69) is 10.3 Å². The van der Waals surface area contributed by atoms with Crippen LogP contribution in [-0.4, -0.2) is 18.7 Å². The number of hydrogen-bond acceptors (Lipinski definition) is 3. The number of carbonyl (C=O) groups excluding carboxylic acids is 1. The van der Waals surface area contributed by atoms with Gasteiger partial charge in [-0.25, -0.2) is 0 Å². The van der Waals surface area contributed by atoms with Gasteiger partial charge in [0.1, 0.15) is 5.75 Å². The Hall–Kier alpha value is -3.32. The van der Waals surface area contributed by atoms with E-state index in [0.29, 0.717) is 17.9 Å². The standard InChI is InChI=1S/C23H18ClF3N2O2/c24-21-11-8-18(12-20(21)23(25,26)27)28-13-17-6-9-19(10-7-17)31-15-22(30)29-14-16-4-2-1-3-5-16/h1-13H,14-15H2,(H,29,30). The molecule has 0 saturated carbocycles. The molecule has 3 rings (SSSR count). The number of benzene rings is 3. The second kappa shape index (κ2) is 10.1. The molecule has 0 fully saturated rings. The summed E-state index contributed by atoms with van der Waals surface area (Å²) in [5.74, 6) is 0.232. The fraction of sp³-hybridized carbons (Fsp3) is 0.130. The maximum Gasteiger partial charge on any atom is 0.417 e. The zero-order chi connectivity index (χ0) is 22.3. The van der Waals surface area contributed by atoms with Crippen LogP contribution in [0.3, 0.4) is 0 Å². The lowest BCUT2D eigenvalue weighted by Gasteiger charge is -2.09. The van der Waals surface area contributed by atoms with E-state index in [4.69, 9.17) is 16.3 Å². The quantitative estimate of drug-likeness (QED) is 0.466. The molecule has 31 heavy (non-hydrogen) atoms. The Kier molecular flexibility index (Phi) is 7.31. The van der Waals surface area contributed by atoms with Crippen LogP contribution < -0.4 is 10.1 Å². The highest BCUT2D eigenvalue weighted by atomic mass is 35.5. The van der Waals surface area contributed by atoms with Crippen LogP contribution in [0.1, 0.15) is 16.7 Å². The van der Waals surface area contributed by atoms with Crippen molar-refractivity contribution in [2.45, 2.75) is 12.7 Å². The van der Waals surface area contributed by atoms with Crippen molar-refractivity contribution in [1.82, 2.24) is 5.32 Å². The van der Waals surface area contributed by atoms with Gasteiger partial charge in [-0.3, -0.25) is 9.79 Å². The van der Waals surface area contributed by atoms with Crippen molar-refractivity contribution in [3.63, 3.8) is 0 Å². The van der Waals surface area contributed by atoms with Crippen molar-refractivity contribution in [1.29, 1.82) is 0 Å². The molecule has 3 aromatic rings. The van der Waals surface area contributed by atoms with E-state index < -0.39 is 11.7 Å². The summed E-state index contributed by atoms with van der Waals surface area (Å²) in [6.45, 7) is 0.282. The SMILES string of the molecule is O=C(COc1ccc(C=Nc2ccc(Cl)c(C(F)(F)F)c2)cc1)NCc1ccccc1. The van der Waals surface area contributed by atoms with Crippen LogP contribution in [0.5, 0.6) is 5.75 Å². The van der Waals surface area contributed by atoms with Crippen LogP contribution in [-0.2, 0) is 17.5 Å². The van der Waals surface area contributed by atoms with E-state index in [0.717, 1.165) is 17.7 Å². The van der Waals surface area contributed by atoms with Gasteiger partial charge in [0.05, 0.1) is 16.3 Å². The van der Waals surface area contributed by atoms with Gasteiger partial charge in [-0.15, -0.1) is 0 Å². The number of ether oxygens (including phenoxy) is 1. The minimum absolute atomic E-state index is 0.132. The molecule has 0 aromatic heterocycles. The second-order valence-corrected chi connectivity index (χ2v) is 6.95. The van der Waals surface area contributed by atoms with E-state index in [-0.39, 0.29) is 23.2 Å². The van der Waals surface area contributed by atoms with Gasteiger partial charge in [0.2, 0.25) is 0 Å². The van der Waals surface area contributed by atoms with Gasteiger partial charge in [0.15, 0.2) is 6.61 Å². The average Bonchev–Trinajstić information content (AvgIpc) is 2.76. The van der Waals surface area contributed by atoms with Crippen LogP contribution in [0.25, 0.3) is 0 Å². The van der Waals surface area contributed by atoms with Gasteiger partial charge in [0, 0.05) is 12.8 Å². The Morgan fingerprint density at radius 2 is 1.74 bits per heavy atom. The summed E-state index contributed by atoms with van der Waals surface area (Å²) < 4.78 is 44.2. The monoisotopic (exact) mass is 446 g/mol. The van der Waals surface area contributed by atoms with Gasteiger partial charge in [-0.1, -0.05) is 41.9 Å². The molecule has 8 heteroatoms. The predicted octanol–water partition coefficient (Wildman–Crippen LogP) is 5.80. The Bertz CT molecular complexity index is 1050. The van der Waals surface area contributed by atoms with Crippen molar-refractivity contribution in [3.8, 4) is 5.75 Å². The Balaban J connectivity index is 1.52. The first-order chi connectivity index (χ1) is 14.8. The molecule has 160 valence electrons. The molecular formula is C23H18ClF3N2O2. The van der Waals surface area contributed by atoms with Gasteiger partial charge in [-0.2, -0.15) is 13.2 Å². The molecule has 0 radical (unpaired) electrons. The summed E-state index contributed by atoms with van der Waals surface area (Å²) in [6, 6.07) is 19.6. The molecule has 0 saturated heterocycles. The maximum atomic E-state index is 12.9. The fourth-order valence-corrected chi connectivity index (χ4v) is 2.83. The number of alkyl halides is 3. The summed E-state index contributed by atoms with van der Waals surface area (Å²) in [5.41, 5.74) is 0.845. The van der Waals surface area contributed by atoms with Crippen molar-refractivity contribution in [3.05, 3.63) is 94.5 Å². The Morgan fingerprint density at radius 3 is 2.42 bits per heavy atom. The van der Waals surface area contributed by atoms with Crippen LogP contribution >= 0.6 is 11.6 Å². The summed E-state index contributed by atoms with van der Waals surface area (Å²) in [6.07, 6.45) is -3.12. The molecule has 0 atom stereocenters. The second-order valence-electron chi connectivity index (χ2n) is 6.54. The smallest absolute Gasteiger partial charge is 0.417 e. The van der Waals surface area contributed by atoms with Crippen LogP contribution in [0.4, 0.5) is 18.9 Å². The number of nitrogens with zero attached hydrogens (tertiary/aromatic N) is 1. The Labute approximate surface area is 182 Å². The average molecular weight is 447 g/mol. The molecular weight excluding hydrogens is 429 g/mol. The van der Waals surface area contributed by atoms with E-state index in [9.17, 15) is 18.0 Å². The molecule has 4 nitrogen and oxygen atoms in total. The zero-order valence-corrected chi connectivity index (χ0v) is 17.0. The number of hydrogen-bond donors (Lipinski definition) is 1. The van der Waals surface area contributed by atoms with Gasteiger partial charge < -0.3 is 10.1 Å². The van der Waals surface area contributed by atoms with E-state index in [1.165, 1.54) is 12.3 Å². The molecule has 3 aromatic carbocycles. The number of carbonyl (C=O) groups is 1. The normalized spacial score (nSPS) is 11.5. The number of aliphatic imine (C=N–C) groups is 1. The number of rotatable bonds is 7. The molecule has 1 amide bonds. The first-order valence-electron chi connectivity index (χ1n) is 9.25. The van der Waals surface area contributed by atoms with E-state index in [1.807, 2.05) is 30.3 Å². The van der Waals surface area contributed by atoms with Crippen LogP contribution in [0, 0.1) is 0 Å². The fourth-order valence-electron chi connectivity index (χ4n) is 2.61. The lowest BCUT2D eigenvalue weighted by atomic mass is 10.2. The third-order valence-electron chi connectivity index (χ3n) is 4.20. The van der Waals surface area contributed by atoms with Crippen molar-refractivity contribution < 1.29 is 22.7 Å². The van der Waals surface area contributed by atoms with Gasteiger partial charge >= 0.3 is 6.18 Å². The molecule has 0 unspecified atom stereocenters. The van der Waals surface area contributed by atoms with E-state index in [1.54, 1.807) is 24.3 Å². The summed E-state index contributed by atoms with van der Waals surface area (Å²) in [4.78, 5) is 16.0. The highest BCUT2D eigenvalue weighted by Crippen LogP contribution is 2.36. The minimum atomic E-state index is -4.55. The lowest BCUT2D eigenvalue weighted by molar-refractivity contribution is -0.137. The first kappa shape index (κ1) is 22.4. The topological polar surface area (TPSA) is 50.7 Å². The number of nitrogens with one attached hydrogen (secondary N) is 1.